The molecule has 14 heavy (non-hydrogen) atoms. The van der Waals surface area contributed by atoms with Gasteiger partial charge in [0, 0.05) is 4.47 Å². The van der Waals surface area contributed by atoms with Crippen molar-refractivity contribution in [2.75, 3.05) is 0 Å². The van der Waals surface area contributed by atoms with Crippen molar-refractivity contribution in [1.29, 1.82) is 0 Å². The minimum absolute atomic E-state index is 0.312. The van der Waals surface area contributed by atoms with Gasteiger partial charge in [-0.3, -0.25) is 0 Å². The highest BCUT2D eigenvalue weighted by Gasteiger charge is 2.10. The first-order valence-corrected chi connectivity index (χ1v) is 4.98. The fourth-order valence-corrected chi connectivity index (χ4v) is 1.37. The van der Waals surface area contributed by atoms with Crippen LogP contribution in [0.3, 0.4) is 0 Å². The molecule has 0 saturated carbocycles. The van der Waals surface area contributed by atoms with Crippen LogP contribution in [-0.2, 0) is 16.1 Å². The molecular weight excluding hydrogens is 248 g/mol. The number of halogens is 1. The number of ether oxygens (including phenoxy) is 1. The van der Waals surface area contributed by atoms with E-state index in [0.717, 1.165) is 10.0 Å². The molecule has 4 heteroatoms. The van der Waals surface area contributed by atoms with E-state index in [9.17, 15) is 4.79 Å². The fraction of sp³-hybridized carbons (Fsp3) is 0.300. The summed E-state index contributed by atoms with van der Waals surface area (Å²) in [6.07, 6.45) is -0.769. The van der Waals surface area contributed by atoms with Gasteiger partial charge in [-0.1, -0.05) is 28.1 Å². The Morgan fingerprint density at radius 1 is 1.64 bits per heavy atom. The molecule has 0 saturated heterocycles. The summed E-state index contributed by atoms with van der Waals surface area (Å²) in [4.78, 5) is 10.5. The summed E-state index contributed by atoms with van der Waals surface area (Å²) in [5.74, 6) is -0.944. The lowest BCUT2D eigenvalue weighted by molar-refractivity contribution is -0.149. The van der Waals surface area contributed by atoms with Crippen LogP contribution in [0.4, 0.5) is 0 Å². The lowest BCUT2D eigenvalue weighted by atomic mass is 10.2. The second-order valence-corrected chi connectivity index (χ2v) is 3.84. The first kappa shape index (κ1) is 11.2. The molecule has 0 heterocycles. The van der Waals surface area contributed by atoms with Crippen molar-refractivity contribution in [2.45, 2.75) is 19.6 Å². The third kappa shape index (κ3) is 3.47. The van der Waals surface area contributed by atoms with Gasteiger partial charge in [0.15, 0.2) is 6.10 Å². The Bertz CT molecular complexity index is 325. The van der Waals surface area contributed by atoms with Gasteiger partial charge < -0.3 is 9.84 Å². The largest absolute Gasteiger partial charge is 0.479 e. The van der Waals surface area contributed by atoms with E-state index in [0.29, 0.717) is 6.61 Å². The van der Waals surface area contributed by atoms with Gasteiger partial charge in [-0.15, -0.1) is 0 Å². The van der Waals surface area contributed by atoms with E-state index < -0.39 is 12.1 Å². The van der Waals surface area contributed by atoms with Crippen LogP contribution >= 0.6 is 15.9 Å². The van der Waals surface area contributed by atoms with Crippen LogP contribution in [0.15, 0.2) is 28.7 Å². The molecule has 0 aliphatic carbocycles. The fourth-order valence-electron chi connectivity index (χ4n) is 0.919. The summed E-state index contributed by atoms with van der Waals surface area (Å²) in [6, 6.07) is 7.58. The topological polar surface area (TPSA) is 46.5 Å². The molecule has 0 aromatic heterocycles. The van der Waals surface area contributed by atoms with Crippen LogP contribution in [-0.4, -0.2) is 17.2 Å². The predicted molar refractivity (Wildman–Crippen MR) is 56.0 cm³/mol. The minimum Gasteiger partial charge on any atom is -0.479 e. The van der Waals surface area contributed by atoms with E-state index in [1.807, 2.05) is 24.3 Å². The zero-order valence-electron chi connectivity index (χ0n) is 7.74. The summed E-state index contributed by atoms with van der Waals surface area (Å²) >= 11 is 3.33. The van der Waals surface area contributed by atoms with Gasteiger partial charge >= 0.3 is 5.97 Å². The lowest BCUT2D eigenvalue weighted by Crippen LogP contribution is -2.19. The van der Waals surface area contributed by atoms with Crippen LogP contribution in [0.5, 0.6) is 0 Å². The van der Waals surface area contributed by atoms with E-state index in [1.54, 1.807) is 0 Å². The Labute approximate surface area is 90.8 Å². The molecule has 0 aliphatic rings. The highest BCUT2D eigenvalue weighted by Crippen LogP contribution is 2.12. The molecule has 1 aromatic carbocycles. The Hall–Kier alpha value is -0.870. The van der Waals surface area contributed by atoms with Crippen LogP contribution < -0.4 is 0 Å². The van der Waals surface area contributed by atoms with E-state index in [2.05, 4.69) is 15.9 Å². The lowest BCUT2D eigenvalue weighted by Gasteiger charge is -2.08. The molecule has 0 aliphatic heterocycles. The van der Waals surface area contributed by atoms with Gasteiger partial charge in [0.2, 0.25) is 0 Å². The molecule has 0 bridgehead atoms. The Morgan fingerprint density at radius 3 is 2.93 bits per heavy atom. The van der Waals surface area contributed by atoms with Gasteiger partial charge in [-0.05, 0) is 24.6 Å². The second kappa shape index (κ2) is 5.12. The summed E-state index contributed by atoms with van der Waals surface area (Å²) in [5, 5.41) is 8.58. The van der Waals surface area contributed by atoms with E-state index in [1.165, 1.54) is 6.92 Å². The van der Waals surface area contributed by atoms with Gasteiger partial charge in [-0.25, -0.2) is 4.79 Å². The zero-order valence-corrected chi connectivity index (χ0v) is 9.32. The molecule has 3 nitrogen and oxygen atoms in total. The quantitative estimate of drug-likeness (QED) is 0.903. The predicted octanol–water partition coefficient (Wildman–Crippen LogP) is 2.44. The maximum atomic E-state index is 10.5. The number of hydrogen-bond donors (Lipinski definition) is 1. The summed E-state index contributed by atoms with van der Waals surface area (Å²) < 4.78 is 6.08. The summed E-state index contributed by atoms with van der Waals surface area (Å²) in [5.41, 5.74) is 0.951. The van der Waals surface area contributed by atoms with E-state index >= 15 is 0 Å². The normalized spacial score (nSPS) is 12.4. The molecule has 1 N–H and O–H groups in total. The van der Waals surface area contributed by atoms with Crippen LogP contribution in [0, 0.1) is 0 Å². The second-order valence-electron chi connectivity index (χ2n) is 2.92. The Morgan fingerprint density at radius 2 is 2.36 bits per heavy atom. The number of rotatable bonds is 4. The molecule has 0 spiro atoms. The van der Waals surface area contributed by atoms with E-state index in [4.69, 9.17) is 9.84 Å². The molecule has 76 valence electrons. The highest BCUT2D eigenvalue weighted by atomic mass is 79.9. The Balaban J connectivity index is 2.49. The van der Waals surface area contributed by atoms with Gasteiger partial charge in [0.1, 0.15) is 0 Å². The maximum absolute atomic E-state index is 10.5. The van der Waals surface area contributed by atoms with Crippen molar-refractivity contribution < 1.29 is 14.6 Å². The van der Waals surface area contributed by atoms with Crippen LogP contribution in [0.1, 0.15) is 12.5 Å². The van der Waals surface area contributed by atoms with Crippen molar-refractivity contribution in [1.82, 2.24) is 0 Å². The number of aliphatic carboxylic acids is 1. The first-order chi connectivity index (χ1) is 6.59. The number of benzene rings is 1. The van der Waals surface area contributed by atoms with Crippen molar-refractivity contribution in [2.24, 2.45) is 0 Å². The van der Waals surface area contributed by atoms with Crippen LogP contribution in [0.25, 0.3) is 0 Å². The standard InChI is InChI=1S/C10H11BrO3/c1-7(10(12)13)14-6-8-3-2-4-9(11)5-8/h2-5,7H,6H2,1H3,(H,12,13)/t7-/m0/s1. The molecule has 0 amide bonds. The number of carbonyl (C=O) groups is 1. The maximum Gasteiger partial charge on any atom is 0.332 e. The number of hydrogen-bond acceptors (Lipinski definition) is 2. The van der Waals surface area contributed by atoms with Crippen molar-refractivity contribution >= 4 is 21.9 Å². The average molecular weight is 259 g/mol. The van der Waals surface area contributed by atoms with Gasteiger partial charge in [0.25, 0.3) is 0 Å². The first-order valence-electron chi connectivity index (χ1n) is 4.18. The molecule has 0 radical (unpaired) electrons. The average Bonchev–Trinajstić information content (AvgIpc) is 2.14. The zero-order chi connectivity index (χ0) is 10.6. The van der Waals surface area contributed by atoms with Crippen molar-refractivity contribution in [3.05, 3.63) is 34.3 Å². The molecular formula is C10H11BrO3. The summed E-state index contributed by atoms with van der Waals surface area (Å²) in [7, 11) is 0. The third-order valence-electron chi connectivity index (χ3n) is 1.74. The third-order valence-corrected chi connectivity index (χ3v) is 2.23. The molecule has 1 rings (SSSR count). The molecule has 0 fully saturated rings. The van der Waals surface area contributed by atoms with Crippen molar-refractivity contribution in [3.8, 4) is 0 Å². The smallest absolute Gasteiger partial charge is 0.332 e. The molecule has 1 atom stereocenters. The molecule has 1 aromatic rings. The van der Waals surface area contributed by atoms with Gasteiger partial charge in [0.05, 0.1) is 6.61 Å². The monoisotopic (exact) mass is 258 g/mol. The highest BCUT2D eigenvalue weighted by molar-refractivity contribution is 9.10. The molecule has 0 unspecified atom stereocenters. The Kier molecular flexibility index (Phi) is 4.10. The van der Waals surface area contributed by atoms with Gasteiger partial charge in [-0.2, -0.15) is 0 Å². The number of carboxylic acid groups (broad SMARTS) is 1. The van der Waals surface area contributed by atoms with Crippen LogP contribution in [0.2, 0.25) is 0 Å². The minimum atomic E-state index is -0.944. The number of carboxylic acids is 1. The van der Waals surface area contributed by atoms with E-state index in [-0.39, 0.29) is 0 Å². The van der Waals surface area contributed by atoms with Crippen molar-refractivity contribution in [3.63, 3.8) is 0 Å². The SMILES string of the molecule is C[C@H](OCc1cccc(Br)c1)C(=O)O. The summed E-state index contributed by atoms with van der Waals surface area (Å²) in [6.45, 7) is 1.83.